The predicted octanol–water partition coefficient (Wildman–Crippen LogP) is 4.47. The molecule has 1 N–H and O–H groups in total. The molecule has 2 aromatic rings. The molecule has 0 amide bonds. The topological polar surface area (TPSA) is 20.2 Å². The largest absolute Gasteiger partial charge is 0.381 e. The number of hydrogen-bond donors (Lipinski definition) is 1. The Hall–Kier alpha value is -1.31. The molecule has 0 aromatic heterocycles. The minimum atomic E-state index is -1.02. The molecule has 0 aliphatic rings. The molecule has 2 aromatic carbocycles. The molecule has 0 bridgehead atoms. The molecule has 1 atom stereocenters. The summed E-state index contributed by atoms with van der Waals surface area (Å²) in [4.78, 5) is 0. The van der Waals surface area contributed by atoms with E-state index in [1.165, 1.54) is 5.56 Å². The van der Waals surface area contributed by atoms with Gasteiger partial charge < -0.3 is 5.11 Å². The van der Waals surface area contributed by atoms with E-state index in [9.17, 15) is 5.11 Å². The maximum atomic E-state index is 10.8. The Kier molecular flexibility index (Phi) is 3.98. The molecule has 0 saturated heterocycles. The first-order valence-electron chi connectivity index (χ1n) is 6.53. The van der Waals surface area contributed by atoms with Crippen molar-refractivity contribution in [2.45, 2.75) is 32.8 Å². The van der Waals surface area contributed by atoms with Crippen LogP contribution in [-0.4, -0.2) is 5.11 Å². The average Bonchev–Trinajstić information content (AvgIpc) is 2.41. The highest BCUT2D eigenvalue weighted by Crippen LogP contribution is 2.31. The van der Waals surface area contributed by atoms with Crippen molar-refractivity contribution in [3.63, 3.8) is 0 Å². The van der Waals surface area contributed by atoms with Crippen LogP contribution < -0.4 is 0 Å². The van der Waals surface area contributed by atoms with Crippen LogP contribution in [0.15, 0.2) is 42.5 Å². The summed E-state index contributed by atoms with van der Waals surface area (Å²) < 4.78 is 0. The summed E-state index contributed by atoms with van der Waals surface area (Å²) in [5.41, 5.74) is 2.95. The van der Waals surface area contributed by atoms with Crippen molar-refractivity contribution in [3.8, 4) is 0 Å². The standard InChI is InChI=1S/C17H19ClO/c1-4-13-6-9-14(10-7-13)17(3,19)15-8-5-12(2)16(18)11-15/h5-11,19H,4H2,1-3H3. The van der Waals surface area contributed by atoms with E-state index in [-0.39, 0.29) is 0 Å². The molecule has 0 aliphatic carbocycles. The van der Waals surface area contributed by atoms with Crippen LogP contribution in [0, 0.1) is 6.92 Å². The molecule has 1 nitrogen and oxygen atoms in total. The second kappa shape index (κ2) is 5.36. The highest BCUT2D eigenvalue weighted by molar-refractivity contribution is 6.31. The molecule has 0 saturated carbocycles. The van der Waals surface area contributed by atoms with Crippen LogP contribution in [0.4, 0.5) is 0 Å². The van der Waals surface area contributed by atoms with Crippen LogP contribution in [0.2, 0.25) is 5.02 Å². The van der Waals surface area contributed by atoms with Crippen LogP contribution in [0.25, 0.3) is 0 Å². The lowest BCUT2D eigenvalue weighted by atomic mass is 9.87. The monoisotopic (exact) mass is 274 g/mol. The van der Waals surface area contributed by atoms with E-state index in [0.29, 0.717) is 5.02 Å². The molecule has 0 fully saturated rings. The molecule has 0 heterocycles. The molecule has 19 heavy (non-hydrogen) atoms. The fraction of sp³-hybridized carbons (Fsp3) is 0.294. The summed E-state index contributed by atoms with van der Waals surface area (Å²) in [5.74, 6) is 0. The molecular weight excluding hydrogens is 256 g/mol. The Morgan fingerprint density at radius 3 is 2.16 bits per heavy atom. The van der Waals surface area contributed by atoms with Crippen LogP contribution in [-0.2, 0) is 12.0 Å². The number of halogens is 1. The maximum absolute atomic E-state index is 10.8. The van der Waals surface area contributed by atoms with Crippen molar-refractivity contribution in [2.24, 2.45) is 0 Å². The van der Waals surface area contributed by atoms with Gasteiger partial charge in [0.15, 0.2) is 0 Å². The van der Waals surface area contributed by atoms with E-state index >= 15 is 0 Å². The zero-order valence-electron chi connectivity index (χ0n) is 11.6. The molecule has 0 aliphatic heterocycles. The van der Waals surface area contributed by atoms with Gasteiger partial charge in [-0.25, -0.2) is 0 Å². The zero-order valence-corrected chi connectivity index (χ0v) is 12.3. The fourth-order valence-corrected chi connectivity index (χ4v) is 2.31. The lowest BCUT2D eigenvalue weighted by Gasteiger charge is -2.25. The second-order valence-corrected chi connectivity index (χ2v) is 5.49. The summed E-state index contributed by atoms with van der Waals surface area (Å²) in [6.07, 6.45) is 0.999. The zero-order chi connectivity index (χ0) is 14.0. The van der Waals surface area contributed by atoms with Gasteiger partial charge in [0.25, 0.3) is 0 Å². The third-order valence-electron chi connectivity index (χ3n) is 3.66. The first-order chi connectivity index (χ1) is 8.95. The number of aryl methyl sites for hydroxylation is 2. The first-order valence-corrected chi connectivity index (χ1v) is 6.91. The Bertz CT molecular complexity index is 570. The summed E-state index contributed by atoms with van der Waals surface area (Å²) >= 11 is 6.14. The summed E-state index contributed by atoms with van der Waals surface area (Å²) in [7, 11) is 0. The van der Waals surface area contributed by atoms with Crippen LogP contribution >= 0.6 is 11.6 Å². The number of benzene rings is 2. The molecular formula is C17H19ClO. The minimum Gasteiger partial charge on any atom is -0.381 e. The molecule has 1 unspecified atom stereocenters. The Morgan fingerprint density at radius 2 is 1.63 bits per heavy atom. The third kappa shape index (κ3) is 2.83. The van der Waals surface area contributed by atoms with Crippen LogP contribution in [0.3, 0.4) is 0 Å². The summed E-state index contributed by atoms with van der Waals surface area (Å²) in [6, 6.07) is 13.8. The lowest BCUT2D eigenvalue weighted by molar-refractivity contribution is 0.102. The minimum absolute atomic E-state index is 0.683. The lowest BCUT2D eigenvalue weighted by Crippen LogP contribution is -2.22. The third-order valence-corrected chi connectivity index (χ3v) is 4.07. The summed E-state index contributed by atoms with van der Waals surface area (Å²) in [6.45, 7) is 5.87. The Balaban J connectivity index is 2.41. The van der Waals surface area contributed by atoms with Crippen LogP contribution in [0.1, 0.15) is 36.1 Å². The van der Waals surface area contributed by atoms with Crippen molar-refractivity contribution in [1.82, 2.24) is 0 Å². The van der Waals surface area contributed by atoms with Crippen molar-refractivity contribution in [3.05, 3.63) is 69.7 Å². The fourth-order valence-electron chi connectivity index (χ4n) is 2.13. The van der Waals surface area contributed by atoms with Gasteiger partial charge >= 0.3 is 0 Å². The van der Waals surface area contributed by atoms with E-state index in [1.807, 2.05) is 37.3 Å². The van der Waals surface area contributed by atoms with Gasteiger partial charge in [-0.05, 0) is 48.6 Å². The normalized spacial score (nSPS) is 14.2. The molecule has 0 radical (unpaired) electrons. The number of aliphatic hydroxyl groups is 1. The Morgan fingerprint density at radius 1 is 1.05 bits per heavy atom. The Labute approximate surface area is 119 Å². The molecule has 0 spiro atoms. The first kappa shape index (κ1) is 14.1. The number of rotatable bonds is 3. The van der Waals surface area contributed by atoms with Crippen molar-refractivity contribution < 1.29 is 5.11 Å². The molecule has 2 rings (SSSR count). The molecule has 2 heteroatoms. The van der Waals surface area contributed by atoms with E-state index in [4.69, 9.17) is 11.6 Å². The SMILES string of the molecule is CCc1ccc(C(C)(O)c2ccc(C)c(Cl)c2)cc1. The van der Waals surface area contributed by atoms with Gasteiger partial charge in [0.2, 0.25) is 0 Å². The van der Waals surface area contributed by atoms with E-state index < -0.39 is 5.60 Å². The van der Waals surface area contributed by atoms with Gasteiger partial charge in [-0.15, -0.1) is 0 Å². The van der Waals surface area contributed by atoms with E-state index in [0.717, 1.165) is 23.1 Å². The average molecular weight is 275 g/mol. The second-order valence-electron chi connectivity index (χ2n) is 5.09. The van der Waals surface area contributed by atoms with Gasteiger partial charge in [-0.2, -0.15) is 0 Å². The van der Waals surface area contributed by atoms with Gasteiger partial charge in [0.05, 0.1) is 0 Å². The highest BCUT2D eigenvalue weighted by atomic mass is 35.5. The summed E-state index contributed by atoms with van der Waals surface area (Å²) in [5, 5.41) is 11.5. The maximum Gasteiger partial charge on any atom is 0.112 e. The molecule has 100 valence electrons. The van der Waals surface area contributed by atoms with Crippen LogP contribution in [0.5, 0.6) is 0 Å². The van der Waals surface area contributed by atoms with Gasteiger partial charge in [-0.1, -0.05) is 54.9 Å². The van der Waals surface area contributed by atoms with Gasteiger partial charge in [0.1, 0.15) is 5.60 Å². The predicted molar refractivity (Wildman–Crippen MR) is 80.7 cm³/mol. The highest BCUT2D eigenvalue weighted by Gasteiger charge is 2.25. The van der Waals surface area contributed by atoms with Crippen molar-refractivity contribution in [2.75, 3.05) is 0 Å². The van der Waals surface area contributed by atoms with Gasteiger partial charge in [-0.3, -0.25) is 0 Å². The van der Waals surface area contributed by atoms with E-state index in [1.54, 1.807) is 6.92 Å². The van der Waals surface area contributed by atoms with E-state index in [2.05, 4.69) is 19.1 Å². The van der Waals surface area contributed by atoms with Gasteiger partial charge in [0, 0.05) is 5.02 Å². The van der Waals surface area contributed by atoms with Crippen molar-refractivity contribution in [1.29, 1.82) is 0 Å². The smallest absolute Gasteiger partial charge is 0.112 e. The quantitative estimate of drug-likeness (QED) is 0.876. The van der Waals surface area contributed by atoms with Crippen molar-refractivity contribution >= 4 is 11.6 Å². The number of hydrogen-bond acceptors (Lipinski definition) is 1.